The number of nitrogens with one attached hydrogen (secondary N) is 1. The Morgan fingerprint density at radius 3 is 2.60 bits per heavy atom. The van der Waals surface area contributed by atoms with Gasteiger partial charge in [0.25, 0.3) is 0 Å². The molecule has 0 saturated carbocycles. The molecule has 0 aromatic carbocycles. The second kappa shape index (κ2) is 7.53. The highest BCUT2D eigenvalue weighted by Crippen LogP contribution is 2.12. The van der Waals surface area contributed by atoms with Crippen LogP contribution in [-0.4, -0.2) is 40.6 Å². The topological polar surface area (TPSA) is 92.4 Å². The van der Waals surface area contributed by atoms with Crippen molar-refractivity contribution in [3.05, 3.63) is 0 Å². The van der Waals surface area contributed by atoms with Crippen LogP contribution in [0.1, 0.15) is 20.3 Å². The first kappa shape index (κ1) is 14.2. The summed E-state index contributed by atoms with van der Waals surface area (Å²) in [5.74, 6) is -0.446. The van der Waals surface area contributed by atoms with Gasteiger partial charge in [-0.15, -0.1) is 11.8 Å². The molecule has 4 N–H and O–H groups in total. The summed E-state index contributed by atoms with van der Waals surface area (Å²) in [6.07, 6.45) is 0.379. The second-order valence-corrected chi connectivity index (χ2v) is 4.59. The third-order valence-electron chi connectivity index (χ3n) is 1.83. The maximum atomic E-state index is 11.3. The van der Waals surface area contributed by atoms with Crippen molar-refractivity contribution in [3.63, 3.8) is 0 Å². The number of thioether (sulfide) groups is 1. The number of carboxylic acid groups (broad SMARTS) is 1. The van der Waals surface area contributed by atoms with Crippen molar-refractivity contribution in [2.45, 2.75) is 31.6 Å². The Balaban J connectivity index is 3.67. The van der Waals surface area contributed by atoms with Gasteiger partial charge in [-0.25, -0.2) is 0 Å². The van der Waals surface area contributed by atoms with Crippen LogP contribution in [0.15, 0.2) is 0 Å². The minimum Gasteiger partial charge on any atom is -0.480 e. The first-order valence-corrected chi connectivity index (χ1v) is 5.91. The van der Waals surface area contributed by atoms with Crippen molar-refractivity contribution in [3.8, 4) is 0 Å². The summed E-state index contributed by atoms with van der Waals surface area (Å²) >= 11 is 1.41. The van der Waals surface area contributed by atoms with Gasteiger partial charge in [0.1, 0.15) is 6.04 Å². The van der Waals surface area contributed by atoms with Crippen molar-refractivity contribution in [1.29, 1.82) is 0 Å². The lowest BCUT2D eigenvalue weighted by atomic mass is 10.2. The smallest absolute Gasteiger partial charge is 0.320 e. The summed E-state index contributed by atoms with van der Waals surface area (Å²) < 4.78 is 0. The predicted molar refractivity (Wildman–Crippen MR) is 60.8 cm³/mol. The van der Waals surface area contributed by atoms with Gasteiger partial charge in [0.15, 0.2) is 0 Å². The summed E-state index contributed by atoms with van der Waals surface area (Å²) in [6, 6.07) is -0.834. The highest BCUT2D eigenvalue weighted by Gasteiger charge is 2.15. The average Bonchev–Trinajstić information content (AvgIpc) is 2.17. The molecule has 0 bridgehead atoms. The minimum absolute atomic E-state index is 0.0219. The van der Waals surface area contributed by atoms with E-state index in [-0.39, 0.29) is 11.2 Å². The lowest BCUT2D eigenvalue weighted by Crippen LogP contribution is -2.33. The fourth-order valence-corrected chi connectivity index (χ4v) is 1.87. The number of hydrogen-bond acceptors (Lipinski definition) is 4. The number of aliphatic carboxylic acids is 1. The molecule has 0 aliphatic heterocycles. The van der Waals surface area contributed by atoms with Gasteiger partial charge >= 0.3 is 5.97 Å². The Bertz CT molecular complexity index is 223. The van der Waals surface area contributed by atoms with Crippen LogP contribution >= 0.6 is 11.8 Å². The molecule has 0 fully saturated rings. The highest BCUT2D eigenvalue weighted by molar-refractivity contribution is 8.00. The van der Waals surface area contributed by atoms with Gasteiger partial charge in [-0.2, -0.15) is 0 Å². The highest BCUT2D eigenvalue weighted by atomic mass is 32.2. The van der Waals surface area contributed by atoms with Crippen LogP contribution in [0.5, 0.6) is 0 Å². The third-order valence-corrected chi connectivity index (χ3v) is 3.02. The first-order chi connectivity index (χ1) is 6.99. The predicted octanol–water partition coefficient (Wildman–Crippen LogP) is 0.0462. The molecule has 0 saturated heterocycles. The van der Waals surface area contributed by atoms with Crippen LogP contribution in [0.25, 0.3) is 0 Å². The lowest BCUT2D eigenvalue weighted by Gasteiger charge is -2.11. The Kier molecular flexibility index (Phi) is 7.15. The molecule has 15 heavy (non-hydrogen) atoms. The van der Waals surface area contributed by atoms with E-state index in [1.54, 1.807) is 6.92 Å². The number of nitrogens with two attached hydrogens (primary N) is 1. The normalized spacial score (nSPS) is 14.3. The molecular weight excluding hydrogens is 216 g/mol. The van der Waals surface area contributed by atoms with E-state index in [2.05, 4.69) is 5.32 Å². The molecule has 6 heteroatoms. The van der Waals surface area contributed by atoms with E-state index in [1.807, 2.05) is 6.92 Å². The minimum atomic E-state index is -0.999. The van der Waals surface area contributed by atoms with Crippen LogP contribution < -0.4 is 11.1 Å². The maximum Gasteiger partial charge on any atom is 0.320 e. The molecule has 0 rings (SSSR count). The molecule has 0 heterocycles. The number of amides is 1. The number of rotatable bonds is 7. The van der Waals surface area contributed by atoms with E-state index in [0.29, 0.717) is 18.7 Å². The van der Waals surface area contributed by atoms with Crippen molar-refractivity contribution < 1.29 is 14.7 Å². The Morgan fingerprint density at radius 2 is 2.13 bits per heavy atom. The molecule has 2 unspecified atom stereocenters. The molecule has 0 aromatic rings. The first-order valence-electron chi connectivity index (χ1n) is 4.86. The second-order valence-electron chi connectivity index (χ2n) is 3.14. The summed E-state index contributed by atoms with van der Waals surface area (Å²) in [5.41, 5.74) is 5.32. The van der Waals surface area contributed by atoms with E-state index in [4.69, 9.17) is 10.8 Å². The quantitative estimate of drug-likeness (QED) is 0.578. The van der Waals surface area contributed by atoms with Gasteiger partial charge in [-0.05, 0) is 26.0 Å². The zero-order valence-corrected chi connectivity index (χ0v) is 9.84. The summed E-state index contributed by atoms with van der Waals surface area (Å²) in [7, 11) is 0. The van der Waals surface area contributed by atoms with Crippen LogP contribution in [0.2, 0.25) is 0 Å². The fourth-order valence-electron chi connectivity index (χ4n) is 0.889. The summed E-state index contributed by atoms with van der Waals surface area (Å²) in [5, 5.41) is 11.1. The fraction of sp³-hybridized carbons (Fsp3) is 0.778. The number of carbonyl (C=O) groups excluding carboxylic acids is 1. The van der Waals surface area contributed by atoms with Gasteiger partial charge in [0, 0.05) is 6.54 Å². The van der Waals surface area contributed by atoms with E-state index >= 15 is 0 Å². The maximum absolute atomic E-state index is 11.3. The molecule has 0 spiro atoms. The molecule has 0 radical (unpaired) electrons. The number of carbonyl (C=O) groups is 2. The van der Waals surface area contributed by atoms with E-state index in [9.17, 15) is 9.59 Å². The number of hydrogen-bond donors (Lipinski definition) is 3. The molecule has 0 aliphatic rings. The average molecular weight is 234 g/mol. The van der Waals surface area contributed by atoms with E-state index in [1.165, 1.54) is 11.8 Å². The Morgan fingerprint density at radius 1 is 1.53 bits per heavy atom. The molecule has 88 valence electrons. The van der Waals surface area contributed by atoms with Crippen LogP contribution in [0, 0.1) is 0 Å². The van der Waals surface area contributed by atoms with Crippen LogP contribution in [-0.2, 0) is 9.59 Å². The third kappa shape index (κ3) is 6.35. The molecule has 2 atom stereocenters. The van der Waals surface area contributed by atoms with Gasteiger partial charge in [0.05, 0.1) is 5.25 Å². The monoisotopic (exact) mass is 234 g/mol. The van der Waals surface area contributed by atoms with Gasteiger partial charge < -0.3 is 16.2 Å². The van der Waals surface area contributed by atoms with Crippen molar-refractivity contribution >= 4 is 23.6 Å². The van der Waals surface area contributed by atoms with E-state index < -0.39 is 12.0 Å². The summed E-state index contributed by atoms with van der Waals surface area (Å²) in [4.78, 5) is 21.7. The van der Waals surface area contributed by atoms with E-state index in [0.717, 1.165) is 0 Å². The zero-order valence-electron chi connectivity index (χ0n) is 9.03. The van der Waals surface area contributed by atoms with Gasteiger partial charge in [-0.3, -0.25) is 9.59 Å². The standard InChI is InChI=1S/C9H18N2O3S/c1-3-11-8(12)6(2)15-5-4-7(10)9(13)14/h6-7H,3-5,10H2,1-2H3,(H,11,12)(H,13,14). The largest absolute Gasteiger partial charge is 0.480 e. The van der Waals surface area contributed by atoms with Crippen molar-refractivity contribution in [2.75, 3.05) is 12.3 Å². The zero-order chi connectivity index (χ0) is 11.8. The number of carboxylic acids is 1. The lowest BCUT2D eigenvalue weighted by molar-refractivity contribution is -0.138. The van der Waals surface area contributed by atoms with Crippen LogP contribution in [0.4, 0.5) is 0 Å². The molecule has 0 aromatic heterocycles. The van der Waals surface area contributed by atoms with Crippen molar-refractivity contribution in [1.82, 2.24) is 5.32 Å². The Hall–Kier alpha value is -0.750. The molecule has 1 amide bonds. The van der Waals surface area contributed by atoms with Crippen molar-refractivity contribution in [2.24, 2.45) is 5.73 Å². The molecular formula is C9H18N2O3S. The van der Waals surface area contributed by atoms with Gasteiger partial charge in [-0.1, -0.05) is 0 Å². The molecule has 0 aliphatic carbocycles. The molecule has 5 nitrogen and oxygen atoms in total. The summed E-state index contributed by atoms with van der Waals surface area (Å²) in [6.45, 7) is 4.26. The van der Waals surface area contributed by atoms with Gasteiger partial charge in [0.2, 0.25) is 5.91 Å². The van der Waals surface area contributed by atoms with Crippen LogP contribution in [0.3, 0.4) is 0 Å². The Labute approximate surface area is 93.8 Å². The SMILES string of the molecule is CCNC(=O)C(C)SCCC(N)C(=O)O.